The van der Waals surface area contributed by atoms with Crippen LogP contribution in [0.1, 0.15) is 6.42 Å². The summed E-state index contributed by atoms with van der Waals surface area (Å²) < 4.78 is 28.9. The van der Waals surface area contributed by atoms with Crippen LogP contribution in [0.25, 0.3) is 0 Å². The molecule has 0 aliphatic carbocycles. The Labute approximate surface area is 134 Å². The monoisotopic (exact) mass is 338 g/mol. The van der Waals surface area contributed by atoms with Gasteiger partial charge in [0.15, 0.2) is 15.9 Å². The van der Waals surface area contributed by atoms with E-state index in [2.05, 4.69) is 5.32 Å². The molecular weight excluding hydrogens is 320 g/mol. The van der Waals surface area contributed by atoms with Crippen molar-refractivity contribution in [2.24, 2.45) is 5.92 Å². The van der Waals surface area contributed by atoms with Crippen LogP contribution in [-0.4, -0.2) is 51.4 Å². The van der Waals surface area contributed by atoms with Gasteiger partial charge in [0.1, 0.15) is 5.75 Å². The summed E-state index contributed by atoms with van der Waals surface area (Å²) in [6.45, 7) is 0.0755. The van der Waals surface area contributed by atoms with E-state index in [1.165, 1.54) is 11.9 Å². The van der Waals surface area contributed by atoms with Crippen LogP contribution in [0.4, 0.5) is 5.69 Å². The topological polar surface area (TPSA) is 92.8 Å². The summed E-state index contributed by atoms with van der Waals surface area (Å²) in [4.78, 5) is 26.2. The van der Waals surface area contributed by atoms with Crippen molar-refractivity contribution >= 4 is 27.3 Å². The van der Waals surface area contributed by atoms with Crippen LogP contribution < -0.4 is 15.0 Å². The summed E-state index contributed by atoms with van der Waals surface area (Å²) in [6, 6.07) is 6.95. The van der Waals surface area contributed by atoms with Crippen molar-refractivity contribution < 1.29 is 22.7 Å². The second-order valence-electron chi connectivity index (χ2n) is 5.74. The van der Waals surface area contributed by atoms with E-state index in [0.29, 0.717) is 17.9 Å². The number of hydrogen-bond donors (Lipinski definition) is 1. The number of likely N-dealkylation sites (N-methyl/N-ethyl adjacent to an activating group) is 1. The van der Waals surface area contributed by atoms with Crippen molar-refractivity contribution in [3.63, 3.8) is 0 Å². The highest BCUT2D eigenvalue weighted by molar-refractivity contribution is 7.91. The summed E-state index contributed by atoms with van der Waals surface area (Å²) in [7, 11) is -1.65. The average Bonchev–Trinajstić information content (AvgIpc) is 2.92. The molecule has 1 aromatic carbocycles. The van der Waals surface area contributed by atoms with Gasteiger partial charge < -0.3 is 15.0 Å². The molecule has 7 nitrogen and oxygen atoms in total. The van der Waals surface area contributed by atoms with Crippen molar-refractivity contribution in [2.75, 3.05) is 30.0 Å². The lowest BCUT2D eigenvalue weighted by atomic mass is 10.1. The van der Waals surface area contributed by atoms with Gasteiger partial charge in [-0.05, 0) is 18.6 Å². The highest BCUT2D eigenvalue weighted by Gasteiger charge is 2.40. The van der Waals surface area contributed by atoms with Crippen LogP contribution in [0.5, 0.6) is 5.75 Å². The first kappa shape index (κ1) is 15.8. The van der Waals surface area contributed by atoms with Crippen molar-refractivity contribution in [1.82, 2.24) is 5.32 Å². The Morgan fingerprint density at radius 1 is 1.30 bits per heavy atom. The minimum absolute atomic E-state index is 0.0360. The number of hydrogen-bond acceptors (Lipinski definition) is 5. The molecule has 8 heteroatoms. The fraction of sp³-hybridized carbons (Fsp3) is 0.467. The van der Waals surface area contributed by atoms with E-state index in [1.54, 1.807) is 24.3 Å². The van der Waals surface area contributed by atoms with E-state index >= 15 is 0 Å². The van der Waals surface area contributed by atoms with E-state index < -0.39 is 21.9 Å². The highest BCUT2D eigenvalue weighted by atomic mass is 32.2. The molecule has 2 aliphatic rings. The van der Waals surface area contributed by atoms with Gasteiger partial charge in [0, 0.05) is 7.05 Å². The Bertz CT molecular complexity index is 746. The minimum atomic E-state index is -3.15. The summed E-state index contributed by atoms with van der Waals surface area (Å²) in [5, 5.41) is 2.51. The number of para-hydroxylation sites is 2. The first-order valence-corrected chi connectivity index (χ1v) is 9.22. The van der Waals surface area contributed by atoms with Crippen LogP contribution in [0.3, 0.4) is 0 Å². The van der Waals surface area contributed by atoms with Gasteiger partial charge in [-0.2, -0.15) is 0 Å². The zero-order chi connectivity index (χ0) is 16.6. The normalized spacial score (nSPS) is 25.3. The van der Waals surface area contributed by atoms with E-state index in [4.69, 9.17) is 4.74 Å². The van der Waals surface area contributed by atoms with Gasteiger partial charge in [-0.3, -0.25) is 9.59 Å². The van der Waals surface area contributed by atoms with Crippen molar-refractivity contribution in [1.29, 1.82) is 0 Å². The molecular formula is C15H18N2O5S. The molecule has 1 fully saturated rings. The third-order valence-corrected chi connectivity index (χ3v) is 5.93. The third-order valence-electron chi connectivity index (χ3n) is 4.16. The van der Waals surface area contributed by atoms with Gasteiger partial charge in [0.05, 0.1) is 29.7 Å². The molecule has 0 spiro atoms. The van der Waals surface area contributed by atoms with Gasteiger partial charge >= 0.3 is 0 Å². The van der Waals surface area contributed by atoms with Gasteiger partial charge in [-0.15, -0.1) is 0 Å². The molecule has 0 unspecified atom stereocenters. The number of fused-ring (bicyclic) bond motifs is 1. The average molecular weight is 338 g/mol. The molecule has 124 valence electrons. The number of amides is 2. The summed E-state index contributed by atoms with van der Waals surface area (Å²) in [5.74, 6) is -0.797. The highest BCUT2D eigenvalue weighted by Crippen LogP contribution is 2.35. The Morgan fingerprint density at radius 3 is 2.70 bits per heavy atom. The molecule has 0 aromatic heterocycles. The van der Waals surface area contributed by atoms with Crippen LogP contribution in [0.2, 0.25) is 0 Å². The Balaban J connectivity index is 1.90. The number of ether oxygens (including phenoxy) is 1. The van der Waals surface area contributed by atoms with Crippen molar-refractivity contribution in [3.05, 3.63) is 24.3 Å². The molecule has 1 saturated heterocycles. The van der Waals surface area contributed by atoms with Gasteiger partial charge in [-0.25, -0.2) is 8.42 Å². The first-order chi connectivity index (χ1) is 10.9. The number of carbonyl (C=O) groups excluding carboxylic acids is 2. The zero-order valence-corrected chi connectivity index (χ0v) is 13.5. The fourth-order valence-corrected chi connectivity index (χ4v) is 4.68. The molecule has 1 aromatic rings. The van der Waals surface area contributed by atoms with Crippen LogP contribution in [-0.2, 0) is 19.4 Å². The Kier molecular flexibility index (Phi) is 4.01. The fourth-order valence-electron chi connectivity index (χ4n) is 2.95. The first-order valence-electron chi connectivity index (χ1n) is 7.40. The van der Waals surface area contributed by atoms with Gasteiger partial charge in [-0.1, -0.05) is 12.1 Å². The van der Waals surface area contributed by atoms with Crippen molar-refractivity contribution in [3.8, 4) is 5.75 Å². The molecule has 2 amide bonds. The van der Waals surface area contributed by atoms with Crippen LogP contribution >= 0.6 is 0 Å². The second-order valence-corrected chi connectivity index (χ2v) is 7.97. The number of anilines is 1. The summed E-state index contributed by atoms with van der Waals surface area (Å²) >= 11 is 0. The molecule has 2 heterocycles. The number of sulfone groups is 1. The lowest BCUT2D eigenvalue weighted by Gasteiger charge is -2.35. The lowest BCUT2D eigenvalue weighted by Crippen LogP contribution is -2.51. The maximum absolute atomic E-state index is 12.8. The van der Waals surface area contributed by atoms with E-state index in [0.717, 1.165) is 0 Å². The molecule has 0 bridgehead atoms. The number of nitrogens with one attached hydrogen (secondary N) is 1. The SMILES string of the molecule is CNC(=O)[C@H]1CN(C(=O)[C@@H]2CCS(=O)(=O)C2)c2ccccc2O1. The molecule has 3 rings (SSSR count). The maximum Gasteiger partial charge on any atom is 0.262 e. The molecule has 23 heavy (non-hydrogen) atoms. The molecule has 2 aliphatic heterocycles. The summed E-state index contributed by atoms with van der Waals surface area (Å²) in [5.41, 5.74) is 0.571. The molecule has 0 saturated carbocycles. The van der Waals surface area contributed by atoms with E-state index in [1.807, 2.05) is 0 Å². The van der Waals surface area contributed by atoms with Crippen LogP contribution in [0.15, 0.2) is 24.3 Å². The van der Waals surface area contributed by atoms with Gasteiger partial charge in [0.25, 0.3) is 5.91 Å². The maximum atomic E-state index is 12.8. The van der Waals surface area contributed by atoms with Gasteiger partial charge in [0.2, 0.25) is 5.91 Å². The lowest BCUT2D eigenvalue weighted by molar-refractivity contribution is -0.128. The predicted molar refractivity (Wildman–Crippen MR) is 84.0 cm³/mol. The number of nitrogens with zero attached hydrogens (tertiary/aromatic N) is 1. The van der Waals surface area contributed by atoms with Crippen molar-refractivity contribution in [2.45, 2.75) is 12.5 Å². The number of rotatable bonds is 2. The standard InChI is InChI=1S/C15H18N2O5S/c1-16-14(18)13-8-17(11-4-2-3-5-12(11)22-13)15(19)10-6-7-23(20,21)9-10/h2-5,10,13H,6-9H2,1H3,(H,16,18)/t10-,13-/m1/s1. The zero-order valence-electron chi connectivity index (χ0n) is 12.7. The smallest absolute Gasteiger partial charge is 0.262 e. The molecule has 0 radical (unpaired) electrons. The molecule has 2 atom stereocenters. The summed E-state index contributed by atoms with van der Waals surface area (Å²) in [6.07, 6.45) is -0.484. The number of benzene rings is 1. The molecule has 1 N–H and O–H groups in total. The predicted octanol–water partition coefficient (Wildman–Crippen LogP) is -0.0387. The largest absolute Gasteiger partial charge is 0.477 e. The van der Waals surface area contributed by atoms with Crippen LogP contribution in [0, 0.1) is 5.92 Å². The third kappa shape index (κ3) is 3.03. The minimum Gasteiger partial charge on any atom is -0.477 e. The second kappa shape index (κ2) is 5.84. The Morgan fingerprint density at radius 2 is 2.04 bits per heavy atom. The quantitative estimate of drug-likeness (QED) is 0.817. The number of carbonyl (C=O) groups is 2. The Hall–Kier alpha value is -2.09. The van der Waals surface area contributed by atoms with E-state index in [9.17, 15) is 18.0 Å². The van der Waals surface area contributed by atoms with E-state index in [-0.39, 0.29) is 29.9 Å².